The molecule has 0 aliphatic carbocycles. The maximum atomic E-state index is 11.6. The summed E-state index contributed by atoms with van der Waals surface area (Å²) in [5.74, 6) is 0. The van der Waals surface area contributed by atoms with Crippen LogP contribution >= 0.6 is 30.2 Å². The minimum Gasteiger partial charge on any atom is -0.321 e. The van der Waals surface area contributed by atoms with Gasteiger partial charge in [0, 0.05) is 20.0 Å². The largest absolute Gasteiger partial charge is 0.356 e. The van der Waals surface area contributed by atoms with E-state index in [-0.39, 0.29) is 5.30 Å². The average molecular weight is 449 g/mol. The molecule has 0 fully saturated rings. The van der Waals surface area contributed by atoms with Gasteiger partial charge in [-0.1, -0.05) is 24.3 Å². The number of fused-ring (bicyclic) bond motifs is 3. The normalized spacial score (nSPS) is 12.1. The van der Waals surface area contributed by atoms with Crippen LogP contribution < -0.4 is 5.30 Å². The molecule has 0 aliphatic rings. The van der Waals surface area contributed by atoms with E-state index in [2.05, 4.69) is 34.7 Å². The molecule has 0 aliphatic heterocycles. The monoisotopic (exact) mass is 449 g/mol. The second kappa shape index (κ2) is 5.70. The molecular formula is C18H13INO3P. The highest BCUT2D eigenvalue weighted by Gasteiger charge is 2.19. The first kappa shape index (κ1) is 15.8. The number of para-hydroxylation sites is 1. The Morgan fingerprint density at radius 3 is 2.38 bits per heavy atom. The number of benzene rings is 3. The number of nitrogens with zero attached hydrogens (tertiary/aromatic N) is 1. The van der Waals surface area contributed by atoms with Crippen molar-refractivity contribution in [3.63, 3.8) is 0 Å². The van der Waals surface area contributed by atoms with Gasteiger partial charge in [-0.2, -0.15) is 0 Å². The Bertz CT molecular complexity index is 1130. The van der Waals surface area contributed by atoms with Gasteiger partial charge in [-0.3, -0.25) is 4.57 Å². The first-order valence-corrected chi connectivity index (χ1v) is 9.99. The van der Waals surface area contributed by atoms with Crippen LogP contribution in [0.4, 0.5) is 0 Å². The summed E-state index contributed by atoms with van der Waals surface area (Å²) in [6.45, 7) is 0. The zero-order chi connectivity index (χ0) is 16.9. The van der Waals surface area contributed by atoms with E-state index in [0.29, 0.717) is 0 Å². The Morgan fingerprint density at radius 2 is 1.58 bits per heavy atom. The average Bonchev–Trinajstić information content (AvgIpc) is 2.88. The fourth-order valence-corrected chi connectivity index (χ4v) is 4.11. The Balaban J connectivity index is 2.11. The van der Waals surface area contributed by atoms with Crippen molar-refractivity contribution in [1.82, 2.24) is 4.57 Å². The summed E-state index contributed by atoms with van der Waals surface area (Å²) < 4.78 is 14.8. The molecule has 2 N–H and O–H groups in total. The van der Waals surface area contributed by atoms with Crippen molar-refractivity contribution in [1.29, 1.82) is 0 Å². The third-order valence-corrected chi connectivity index (χ3v) is 5.68. The van der Waals surface area contributed by atoms with Crippen molar-refractivity contribution >= 4 is 57.3 Å². The fourth-order valence-electron chi connectivity index (χ4n) is 3.04. The van der Waals surface area contributed by atoms with Crippen molar-refractivity contribution in [3.05, 3.63) is 70.3 Å². The third-order valence-electron chi connectivity index (χ3n) is 4.06. The van der Waals surface area contributed by atoms with E-state index in [1.807, 2.05) is 41.0 Å². The van der Waals surface area contributed by atoms with E-state index in [1.165, 1.54) is 6.07 Å². The van der Waals surface area contributed by atoms with Crippen molar-refractivity contribution in [3.8, 4) is 5.69 Å². The SMILES string of the molecule is O=P(O)(O)c1cccc(-n2c3ccccc3c3cc(I)ccc32)c1. The maximum absolute atomic E-state index is 11.6. The summed E-state index contributed by atoms with van der Waals surface area (Å²) in [5.41, 5.74) is 2.76. The van der Waals surface area contributed by atoms with Crippen LogP contribution in [0.2, 0.25) is 0 Å². The summed E-state index contributed by atoms with van der Waals surface area (Å²) >= 11 is 2.29. The molecule has 0 unspecified atom stereocenters. The molecular weight excluding hydrogens is 436 g/mol. The second-order valence-electron chi connectivity index (χ2n) is 5.58. The summed E-state index contributed by atoms with van der Waals surface area (Å²) in [6, 6.07) is 20.8. The van der Waals surface area contributed by atoms with Crippen LogP contribution in [0.5, 0.6) is 0 Å². The van der Waals surface area contributed by atoms with Crippen molar-refractivity contribution < 1.29 is 14.4 Å². The smallest absolute Gasteiger partial charge is 0.321 e. The van der Waals surface area contributed by atoms with Crippen LogP contribution in [0.25, 0.3) is 27.5 Å². The Labute approximate surface area is 152 Å². The van der Waals surface area contributed by atoms with E-state index in [1.54, 1.807) is 12.1 Å². The number of hydrogen-bond acceptors (Lipinski definition) is 1. The van der Waals surface area contributed by atoms with Gasteiger partial charge in [0.05, 0.1) is 16.3 Å². The molecule has 0 bridgehead atoms. The number of halogens is 1. The molecule has 6 heteroatoms. The van der Waals surface area contributed by atoms with E-state index in [9.17, 15) is 14.4 Å². The van der Waals surface area contributed by atoms with Gasteiger partial charge in [0.2, 0.25) is 0 Å². The van der Waals surface area contributed by atoms with Gasteiger partial charge in [0.15, 0.2) is 0 Å². The van der Waals surface area contributed by atoms with Crippen LogP contribution in [-0.4, -0.2) is 14.4 Å². The molecule has 0 saturated heterocycles. The molecule has 4 rings (SSSR count). The van der Waals surface area contributed by atoms with Crippen molar-refractivity contribution in [2.75, 3.05) is 0 Å². The van der Waals surface area contributed by atoms with Gasteiger partial charge in [-0.15, -0.1) is 0 Å². The zero-order valence-corrected chi connectivity index (χ0v) is 15.5. The number of hydrogen-bond donors (Lipinski definition) is 2. The molecule has 4 aromatic rings. The molecule has 1 heterocycles. The summed E-state index contributed by atoms with van der Waals surface area (Å²) in [4.78, 5) is 18.9. The zero-order valence-electron chi connectivity index (χ0n) is 12.4. The van der Waals surface area contributed by atoms with Gasteiger partial charge >= 0.3 is 7.60 Å². The standard InChI is InChI=1S/C18H13INO3P/c19-12-8-9-18-16(10-12)15-6-1-2-7-17(15)20(18)13-4-3-5-14(11-13)24(21,22)23/h1-11H,(H2,21,22,23). The predicted molar refractivity (Wildman–Crippen MR) is 105 cm³/mol. The fraction of sp³-hybridized carbons (Fsp3) is 0. The maximum Gasteiger partial charge on any atom is 0.356 e. The van der Waals surface area contributed by atoms with Gasteiger partial charge in [-0.25, -0.2) is 0 Å². The molecule has 1 aromatic heterocycles. The van der Waals surface area contributed by atoms with Crippen molar-refractivity contribution in [2.24, 2.45) is 0 Å². The molecule has 3 aromatic carbocycles. The molecule has 0 radical (unpaired) electrons. The summed E-state index contributed by atoms with van der Waals surface area (Å²) in [6.07, 6.45) is 0. The lowest BCUT2D eigenvalue weighted by Crippen LogP contribution is -2.06. The van der Waals surface area contributed by atoms with E-state index in [0.717, 1.165) is 31.1 Å². The predicted octanol–water partition coefficient (Wildman–Crippen LogP) is 4.19. The third kappa shape index (κ3) is 2.58. The Kier molecular flexibility index (Phi) is 3.77. The first-order chi connectivity index (χ1) is 11.4. The minimum absolute atomic E-state index is 0.0245. The molecule has 0 spiro atoms. The van der Waals surface area contributed by atoms with E-state index < -0.39 is 7.60 Å². The van der Waals surface area contributed by atoms with Crippen LogP contribution in [-0.2, 0) is 4.57 Å². The molecule has 4 nitrogen and oxygen atoms in total. The Hall–Kier alpha value is -1.66. The van der Waals surface area contributed by atoms with Gasteiger partial charge < -0.3 is 14.4 Å². The first-order valence-electron chi connectivity index (χ1n) is 7.30. The van der Waals surface area contributed by atoms with Gasteiger partial charge in [-0.05, 0) is 65.1 Å². The highest BCUT2D eigenvalue weighted by atomic mass is 127. The highest BCUT2D eigenvalue weighted by Crippen LogP contribution is 2.36. The highest BCUT2D eigenvalue weighted by molar-refractivity contribution is 14.1. The lowest BCUT2D eigenvalue weighted by molar-refractivity contribution is 0.387. The summed E-state index contributed by atoms with van der Waals surface area (Å²) in [7, 11) is -4.29. The molecule has 24 heavy (non-hydrogen) atoms. The molecule has 0 atom stereocenters. The number of rotatable bonds is 2. The topological polar surface area (TPSA) is 62.5 Å². The van der Waals surface area contributed by atoms with Gasteiger partial charge in [0.25, 0.3) is 0 Å². The van der Waals surface area contributed by atoms with E-state index >= 15 is 0 Å². The molecule has 0 amide bonds. The quantitative estimate of drug-likeness (QED) is 0.357. The molecule has 120 valence electrons. The minimum atomic E-state index is -4.29. The van der Waals surface area contributed by atoms with Crippen LogP contribution in [0.3, 0.4) is 0 Å². The Morgan fingerprint density at radius 1 is 0.833 bits per heavy atom. The lowest BCUT2D eigenvalue weighted by atomic mass is 10.2. The lowest BCUT2D eigenvalue weighted by Gasteiger charge is -2.10. The second-order valence-corrected chi connectivity index (χ2v) is 8.43. The van der Waals surface area contributed by atoms with E-state index in [4.69, 9.17) is 0 Å². The van der Waals surface area contributed by atoms with Crippen LogP contribution in [0, 0.1) is 3.57 Å². The van der Waals surface area contributed by atoms with Crippen LogP contribution in [0.15, 0.2) is 66.7 Å². The number of aromatic nitrogens is 1. The van der Waals surface area contributed by atoms with Crippen LogP contribution in [0.1, 0.15) is 0 Å². The van der Waals surface area contributed by atoms with Crippen molar-refractivity contribution in [2.45, 2.75) is 0 Å². The van der Waals surface area contributed by atoms with Gasteiger partial charge in [0.1, 0.15) is 0 Å². The molecule has 0 saturated carbocycles. The summed E-state index contributed by atoms with van der Waals surface area (Å²) in [5, 5.41) is 2.27.